The number of thiazole rings is 1. The number of hydrogen-bond acceptors (Lipinski definition) is 8. The zero-order valence-corrected chi connectivity index (χ0v) is 29.9. The number of amides is 2. The van der Waals surface area contributed by atoms with Crippen LogP contribution in [-0.2, 0) is 30.8 Å². The Labute approximate surface area is 292 Å². The molecule has 7 rings (SSSR count). The van der Waals surface area contributed by atoms with E-state index in [1.165, 1.54) is 11.3 Å². The van der Waals surface area contributed by atoms with Crippen molar-refractivity contribution in [2.45, 2.75) is 101 Å². The average molecular weight is 704 g/mol. The number of aromatic nitrogens is 1. The zero-order valence-electron chi connectivity index (χ0n) is 28.2. The lowest BCUT2D eigenvalue weighted by molar-refractivity contribution is -0.142. The van der Waals surface area contributed by atoms with Gasteiger partial charge < -0.3 is 9.64 Å². The predicted molar refractivity (Wildman–Crippen MR) is 190 cm³/mol. The Morgan fingerprint density at radius 2 is 1.92 bits per heavy atom. The first kappa shape index (κ1) is 33.9. The molecule has 2 aromatic carbocycles. The summed E-state index contributed by atoms with van der Waals surface area (Å²) in [4.78, 5) is 49.2. The summed E-state index contributed by atoms with van der Waals surface area (Å²) in [7, 11) is -3.88. The van der Waals surface area contributed by atoms with E-state index in [0.29, 0.717) is 37.3 Å². The highest BCUT2D eigenvalue weighted by Crippen LogP contribution is 2.57. The lowest BCUT2D eigenvalue weighted by Crippen LogP contribution is -2.47. The van der Waals surface area contributed by atoms with Crippen LogP contribution in [0.5, 0.6) is 5.19 Å². The summed E-state index contributed by atoms with van der Waals surface area (Å²) >= 11 is 1.43. The maximum atomic E-state index is 14.6. The van der Waals surface area contributed by atoms with Crippen LogP contribution in [0.15, 0.2) is 60.7 Å². The highest BCUT2D eigenvalue weighted by molar-refractivity contribution is 7.91. The van der Waals surface area contributed by atoms with Gasteiger partial charge in [0.05, 0.1) is 33.0 Å². The van der Waals surface area contributed by atoms with E-state index in [2.05, 4.69) is 27.9 Å². The first-order valence-corrected chi connectivity index (χ1v) is 19.9. The fourth-order valence-corrected chi connectivity index (χ4v) is 9.80. The third-order valence-corrected chi connectivity index (χ3v) is 14.2. The topological polar surface area (TPSA) is 123 Å². The van der Waals surface area contributed by atoms with Crippen molar-refractivity contribution in [3.8, 4) is 5.19 Å². The molecule has 260 valence electrons. The maximum absolute atomic E-state index is 14.6. The molecule has 49 heavy (non-hydrogen) atoms. The van der Waals surface area contributed by atoms with Crippen molar-refractivity contribution in [2.24, 2.45) is 17.3 Å². The van der Waals surface area contributed by atoms with Crippen LogP contribution in [0.3, 0.4) is 0 Å². The van der Waals surface area contributed by atoms with Crippen LogP contribution in [0.4, 0.5) is 0 Å². The van der Waals surface area contributed by atoms with Crippen LogP contribution >= 0.6 is 11.3 Å². The SMILES string of the molecule is Cc1cccc(C[C@H]2CCCCC/C=C\[C@@H]3C[C@@]3(C(=O)NS(=O)(=O)C3(C)CC3)CC(=O)[C@@H]3C[C@@H](Oc4nc5ccccc5s4)CN3C2=O)c1. The molecular formula is C38H45N3O6S2. The molecule has 3 aromatic rings. The summed E-state index contributed by atoms with van der Waals surface area (Å²) in [6, 6.07) is 15.2. The molecule has 3 heterocycles. The second-order valence-electron chi connectivity index (χ2n) is 14.9. The van der Waals surface area contributed by atoms with Gasteiger partial charge in [0.15, 0.2) is 5.78 Å². The Morgan fingerprint density at radius 1 is 1.10 bits per heavy atom. The smallest absolute Gasteiger partial charge is 0.274 e. The van der Waals surface area contributed by atoms with Crippen LogP contribution in [0, 0.1) is 24.2 Å². The number of nitrogens with one attached hydrogen (secondary N) is 1. The predicted octanol–water partition coefficient (Wildman–Crippen LogP) is 6.30. The van der Waals surface area contributed by atoms with E-state index >= 15 is 0 Å². The molecular weight excluding hydrogens is 659 g/mol. The minimum absolute atomic E-state index is 0.0710. The van der Waals surface area contributed by atoms with Crippen molar-refractivity contribution >= 4 is 49.2 Å². The van der Waals surface area contributed by atoms with Gasteiger partial charge in [0.25, 0.3) is 5.19 Å². The molecule has 11 heteroatoms. The second kappa shape index (κ2) is 13.3. The number of carbonyl (C=O) groups excluding carboxylic acids is 3. The molecule has 0 bridgehead atoms. The molecule has 9 nitrogen and oxygen atoms in total. The minimum Gasteiger partial charge on any atom is -0.465 e. The lowest BCUT2D eigenvalue weighted by atomic mass is 9.89. The Bertz CT molecular complexity index is 1870. The number of para-hydroxylation sites is 1. The number of carbonyl (C=O) groups is 3. The number of Topliss-reactive ketones (excluding diaryl/α,β-unsaturated/α-hetero) is 1. The summed E-state index contributed by atoms with van der Waals surface area (Å²) in [5.74, 6) is -1.46. The van der Waals surface area contributed by atoms with Crippen LogP contribution in [0.2, 0.25) is 0 Å². The summed E-state index contributed by atoms with van der Waals surface area (Å²) in [6.07, 6.45) is 10.1. The van der Waals surface area contributed by atoms with Gasteiger partial charge in [-0.3, -0.25) is 19.1 Å². The number of allylic oxidation sites excluding steroid dienone is 2. The summed E-state index contributed by atoms with van der Waals surface area (Å²) in [5, 5.41) is 0.493. The molecule has 2 aliphatic heterocycles. The lowest BCUT2D eigenvalue weighted by Gasteiger charge is -2.29. The number of rotatable bonds is 7. The maximum Gasteiger partial charge on any atom is 0.274 e. The Kier molecular flexibility index (Phi) is 9.19. The molecule has 0 radical (unpaired) electrons. The number of nitrogens with zero attached hydrogens (tertiary/aromatic N) is 2. The van der Waals surface area contributed by atoms with Gasteiger partial charge >= 0.3 is 0 Å². The molecule has 1 aromatic heterocycles. The summed E-state index contributed by atoms with van der Waals surface area (Å²) in [5.41, 5.74) is 1.89. The van der Waals surface area contributed by atoms with E-state index in [0.717, 1.165) is 47.0 Å². The van der Waals surface area contributed by atoms with Gasteiger partial charge in [-0.25, -0.2) is 13.4 Å². The van der Waals surface area contributed by atoms with Gasteiger partial charge in [-0.1, -0.05) is 78.3 Å². The number of hydrogen-bond donors (Lipinski definition) is 1. The summed E-state index contributed by atoms with van der Waals surface area (Å²) < 4.78 is 35.0. The molecule has 0 unspecified atom stereocenters. The number of ketones is 1. The van der Waals surface area contributed by atoms with Gasteiger partial charge in [0.1, 0.15) is 6.10 Å². The average Bonchev–Trinajstić information content (AvgIpc) is 3.87. The standard InChI is InChI=1S/C38H45N3O6S2/c1-25-11-10-12-26(19-25)20-27-13-6-4-3-5-7-14-28-22-38(28,35(44)40-49(45,46)37(2)17-18-37)23-32(42)31-21-29(24-41(31)34(27)43)47-36-39-30-15-8-9-16-33(30)48-36/h7-12,14-16,19,27-29,31H,3-6,13,17-18,20-24H2,1-2H3,(H,40,44)/b14-7-/t27-,28-,29-,31+,38-/m1/s1. The minimum atomic E-state index is -3.88. The van der Waals surface area contributed by atoms with Crippen molar-refractivity contribution < 1.29 is 27.5 Å². The highest BCUT2D eigenvalue weighted by atomic mass is 32.2. The van der Waals surface area contributed by atoms with E-state index in [1.54, 1.807) is 11.8 Å². The van der Waals surface area contributed by atoms with Crippen molar-refractivity contribution in [1.82, 2.24) is 14.6 Å². The monoisotopic (exact) mass is 703 g/mol. The molecule has 3 fully saturated rings. The van der Waals surface area contributed by atoms with E-state index in [-0.39, 0.29) is 42.9 Å². The Balaban J connectivity index is 1.18. The quantitative estimate of drug-likeness (QED) is 0.287. The number of ether oxygens (including phenoxy) is 1. The highest BCUT2D eigenvalue weighted by Gasteiger charge is 2.62. The van der Waals surface area contributed by atoms with Crippen LogP contribution in [-0.4, -0.2) is 59.3 Å². The van der Waals surface area contributed by atoms with E-state index in [4.69, 9.17) is 4.74 Å². The van der Waals surface area contributed by atoms with Crippen molar-refractivity contribution in [1.29, 1.82) is 0 Å². The van der Waals surface area contributed by atoms with Crippen LogP contribution in [0.25, 0.3) is 10.2 Å². The van der Waals surface area contributed by atoms with Gasteiger partial charge in [-0.2, -0.15) is 0 Å². The first-order chi connectivity index (χ1) is 23.5. The van der Waals surface area contributed by atoms with Gasteiger partial charge in [0, 0.05) is 18.8 Å². The second-order valence-corrected chi connectivity index (χ2v) is 18.1. The number of benzene rings is 2. The van der Waals surface area contributed by atoms with Gasteiger partial charge in [-0.05, 0) is 82.4 Å². The normalized spacial score (nSPS) is 29.3. The third kappa shape index (κ3) is 7.06. The van der Waals surface area contributed by atoms with Crippen molar-refractivity contribution in [3.63, 3.8) is 0 Å². The molecule has 1 saturated heterocycles. The third-order valence-electron chi connectivity index (χ3n) is 11.1. The van der Waals surface area contributed by atoms with Crippen molar-refractivity contribution in [2.75, 3.05) is 6.54 Å². The molecule has 1 N–H and O–H groups in total. The van der Waals surface area contributed by atoms with Crippen molar-refractivity contribution in [3.05, 3.63) is 71.8 Å². The fraction of sp³-hybridized carbons (Fsp3) is 0.526. The van der Waals surface area contributed by atoms with Crippen LogP contribution in [0.1, 0.15) is 82.3 Å². The molecule has 2 amide bonds. The van der Waals surface area contributed by atoms with Gasteiger partial charge in [0.2, 0.25) is 21.8 Å². The molecule has 4 aliphatic rings. The first-order valence-electron chi connectivity index (χ1n) is 17.6. The Hall–Kier alpha value is -3.57. The number of fused-ring (bicyclic) bond motifs is 3. The largest absolute Gasteiger partial charge is 0.465 e. The zero-order chi connectivity index (χ0) is 34.4. The number of aryl methyl sites for hydroxylation is 1. The molecule has 0 spiro atoms. The van der Waals surface area contributed by atoms with E-state index in [9.17, 15) is 22.8 Å². The molecule has 2 saturated carbocycles. The molecule has 5 atom stereocenters. The van der Waals surface area contributed by atoms with E-state index < -0.39 is 38.2 Å². The molecule has 2 aliphatic carbocycles. The number of sulfonamides is 1. The van der Waals surface area contributed by atoms with E-state index in [1.807, 2.05) is 49.4 Å². The fourth-order valence-electron chi connectivity index (χ4n) is 7.59. The summed E-state index contributed by atoms with van der Waals surface area (Å²) in [6.45, 7) is 3.93. The Morgan fingerprint density at radius 3 is 2.69 bits per heavy atom. The van der Waals surface area contributed by atoms with Crippen LogP contribution < -0.4 is 9.46 Å². The van der Waals surface area contributed by atoms with Gasteiger partial charge in [-0.15, -0.1) is 0 Å².